The Morgan fingerprint density at radius 1 is 1.12 bits per heavy atom. The molecule has 5 nitrogen and oxygen atoms in total. The van der Waals surface area contributed by atoms with Crippen molar-refractivity contribution in [2.45, 2.75) is 25.7 Å². The van der Waals surface area contributed by atoms with Crippen LogP contribution in [-0.4, -0.2) is 25.6 Å². The molecule has 6 heteroatoms. The number of aryl methyl sites for hydroxylation is 2. The number of hydrogen-bond acceptors (Lipinski definition) is 4. The molecule has 0 radical (unpaired) electrons. The largest absolute Gasteiger partial charge is 0.496 e. The predicted octanol–water partition coefficient (Wildman–Crippen LogP) is 3.56. The van der Waals surface area contributed by atoms with Gasteiger partial charge in [-0.05, 0) is 60.7 Å². The van der Waals surface area contributed by atoms with Crippen molar-refractivity contribution in [1.82, 2.24) is 0 Å². The number of fused-ring (bicyclic) bond motifs is 1. The van der Waals surface area contributed by atoms with Crippen LogP contribution in [-0.2, 0) is 33.6 Å². The molecule has 1 amide bonds. The van der Waals surface area contributed by atoms with E-state index in [1.54, 1.807) is 18.2 Å². The van der Waals surface area contributed by atoms with E-state index in [-0.39, 0.29) is 18.9 Å². The van der Waals surface area contributed by atoms with Crippen LogP contribution in [0.1, 0.15) is 23.1 Å². The number of methoxy groups -OCH3 is 1. The molecule has 1 aliphatic rings. The number of nitrogens with one attached hydrogen (secondary N) is 1. The Morgan fingerprint density at radius 2 is 1.92 bits per heavy atom. The fraction of sp³-hybridized carbons (Fsp3) is 0.300. The molecule has 0 aromatic heterocycles. The molecule has 136 valence electrons. The Kier molecular flexibility index (Phi) is 5.78. The first-order valence-corrected chi connectivity index (χ1v) is 8.82. The van der Waals surface area contributed by atoms with Gasteiger partial charge in [0.1, 0.15) is 5.75 Å². The van der Waals surface area contributed by atoms with E-state index in [0.717, 1.165) is 24.9 Å². The fourth-order valence-corrected chi connectivity index (χ4v) is 3.28. The molecule has 0 spiro atoms. The van der Waals surface area contributed by atoms with Gasteiger partial charge >= 0.3 is 5.97 Å². The molecule has 0 heterocycles. The van der Waals surface area contributed by atoms with Gasteiger partial charge in [0.2, 0.25) is 0 Å². The molecule has 0 unspecified atom stereocenters. The average Bonchev–Trinajstić information content (AvgIpc) is 3.08. The van der Waals surface area contributed by atoms with Crippen molar-refractivity contribution >= 4 is 29.2 Å². The quantitative estimate of drug-likeness (QED) is 0.786. The zero-order chi connectivity index (χ0) is 18.5. The summed E-state index contributed by atoms with van der Waals surface area (Å²) in [5.74, 6) is -0.335. The summed E-state index contributed by atoms with van der Waals surface area (Å²) in [5.41, 5.74) is 3.95. The molecule has 3 rings (SSSR count). The van der Waals surface area contributed by atoms with Crippen LogP contribution in [0.4, 0.5) is 5.69 Å². The number of hydrogen-bond donors (Lipinski definition) is 1. The van der Waals surface area contributed by atoms with Crippen LogP contribution in [0.2, 0.25) is 5.02 Å². The van der Waals surface area contributed by atoms with Gasteiger partial charge in [-0.15, -0.1) is 0 Å². The highest BCUT2D eigenvalue weighted by Gasteiger charge is 2.14. The summed E-state index contributed by atoms with van der Waals surface area (Å²) in [7, 11) is 1.52. The predicted molar refractivity (Wildman–Crippen MR) is 99.8 cm³/mol. The summed E-state index contributed by atoms with van der Waals surface area (Å²) in [5, 5.41) is 3.26. The molecular formula is C20H20ClNO4. The van der Waals surface area contributed by atoms with E-state index in [9.17, 15) is 9.59 Å². The van der Waals surface area contributed by atoms with Crippen molar-refractivity contribution in [3.05, 3.63) is 58.1 Å². The van der Waals surface area contributed by atoms with Crippen molar-refractivity contribution in [1.29, 1.82) is 0 Å². The van der Waals surface area contributed by atoms with Crippen LogP contribution >= 0.6 is 11.6 Å². The molecule has 0 bridgehead atoms. The third-order valence-corrected chi connectivity index (χ3v) is 4.56. The van der Waals surface area contributed by atoms with Gasteiger partial charge in [-0.2, -0.15) is 0 Å². The van der Waals surface area contributed by atoms with Gasteiger partial charge in [0.15, 0.2) is 6.61 Å². The van der Waals surface area contributed by atoms with Crippen molar-refractivity contribution in [3.8, 4) is 5.75 Å². The Bertz CT molecular complexity index is 835. The summed E-state index contributed by atoms with van der Waals surface area (Å²) in [6, 6.07) is 10.9. The third kappa shape index (κ3) is 4.55. The van der Waals surface area contributed by atoms with E-state index in [1.165, 1.54) is 18.2 Å². The Labute approximate surface area is 157 Å². The Balaban J connectivity index is 1.51. The van der Waals surface area contributed by atoms with Crippen LogP contribution in [0.5, 0.6) is 5.75 Å². The molecule has 2 aromatic carbocycles. The minimum Gasteiger partial charge on any atom is -0.496 e. The molecular weight excluding hydrogens is 354 g/mol. The molecule has 0 fully saturated rings. The number of benzene rings is 2. The van der Waals surface area contributed by atoms with E-state index in [1.807, 2.05) is 18.2 Å². The van der Waals surface area contributed by atoms with Crippen LogP contribution < -0.4 is 10.1 Å². The molecule has 0 aliphatic heterocycles. The second kappa shape index (κ2) is 8.23. The maximum atomic E-state index is 12.0. The van der Waals surface area contributed by atoms with Gasteiger partial charge in [-0.1, -0.05) is 17.7 Å². The highest BCUT2D eigenvalue weighted by Crippen LogP contribution is 2.25. The fourth-order valence-electron chi connectivity index (χ4n) is 3.08. The number of anilines is 1. The van der Waals surface area contributed by atoms with Gasteiger partial charge in [0.25, 0.3) is 5.91 Å². The van der Waals surface area contributed by atoms with Gasteiger partial charge in [0.05, 0.1) is 13.5 Å². The zero-order valence-electron chi connectivity index (χ0n) is 14.5. The lowest BCUT2D eigenvalue weighted by molar-refractivity contribution is -0.146. The Morgan fingerprint density at radius 3 is 2.73 bits per heavy atom. The highest BCUT2D eigenvalue weighted by molar-refractivity contribution is 6.30. The molecule has 0 atom stereocenters. The summed E-state index contributed by atoms with van der Waals surface area (Å²) in [4.78, 5) is 24.0. The first kappa shape index (κ1) is 18.3. The maximum Gasteiger partial charge on any atom is 0.310 e. The lowest BCUT2D eigenvalue weighted by Gasteiger charge is -2.10. The van der Waals surface area contributed by atoms with E-state index in [4.69, 9.17) is 21.1 Å². The third-order valence-electron chi connectivity index (χ3n) is 4.32. The maximum absolute atomic E-state index is 12.0. The topological polar surface area (TPSA) is 64.6 Å². The van der Waals surface area contributed by atoms with Gasteiger partial charge in [0, 0.05) is 16.3 Å². The zero-order valence-corrected chi connectivity index (χ0v) is 15.3. The van der Waals surface area contributed by atoms with E-state index >= 15 is 0 Å². The van der Waals surface area contributed by atoms with E-state index < -0.39 is 5.97 Å². The van der Waals surface area contributed by atoms with Crippen LogP contribution in [0.15, 0.2) is 36.4 Å². The molecule has 0 saturated heterocycles. The van der Waals surface area contributed by atoms with Crippen molar-refractivity contribution in [2.24, 2.45) is 0 Å². The van der Waals surface area contributed by atoms with Gasteiger partial charge in [-0.25, -0.2) is 0 Å². The standard InChI is InChI=1S/C20H20ClNO4/c1-25-18-8-6-16(21)9-15(18)11-20(24)26-12-19(23)22-17-7-5-13-3-2-4-14(13)10-17/h5-10H,2-4,11-12H2,1H3,(H,22,23). The molecule has 0 saturated carbocycles. The number of amides is 1. The first-order chi connectivity index (χ1) is 12.5. The Hall–Kier alpha value is -2.53. The first-order valence-electron chi connectivity index (χ1n) is 8.45. The van der Waals surface area contributed by atoms with Crippen LogP contribution in [0.25, 0.3) is 0 Å². The number of esters is 1. The lowest BCUT2D eigenvalue weighted by Crippen LogP contribution is -2.21. The number of carbonyl (C=O) groups excluding carboxylic acids is 2. The molecule has 1 aliphatic carbocycles. The summed E-state index contributed by atoms with van der Waals surface area (Å²) in [6.45, 7) is -0.335. The monoisotopic (exact) mass is 373 g/mol. The number of halogens is 1. The summed E-state index contributed by atoms with van der Waals surface area (Å²) >= 11 is 5.94. The molecule has 1 N–H and O–H groups in total. The van der Waals surface area contributed by atoms with Crippen LogP contribution in [0, 0.1) is 0 Å². The van der Waals surface area contributed by atoms with Crippen molar-refractivity contribution in [3.63, 3.8) is 0 Å². The van der Waals surface area contributed by atoms with Crippen molar-refractivity contribution < 1.29 is 19.1 Å². The average molecular weight is 374 g/mol. The minimum absolute atomic E-state index is 0.0180. The second-order valence-electron chi connectivity index (χ2n) is 6.18. The second-order valence-corrected chi connectivity index (χ2v) is 6.62. The highest BCUT2D eigenvalue weighted by atomic mass is 35.5. The summed E-state index contributed by atoms with van der Waals surface area (Å²) in [6.07, 6.45) is 3.26. The van der Waals surface area contributed by atoms with Crippen LogP contribution in [0.3, 0.4) is 0 Å². The lowest BCUT2D eigenvalue weighted by atomic mass is 10.1. The van der Waals surface area contributed by atoms with Gasteiger partial charge in [-0.3, -0.25) is 9.59 Å². The molecule has 2 aromatic rings. The summed E-state index contributed by atoms with van der Waals surface area (Å²) < 4.78 is 10.3. The smallest absolute Gasteiger partial charge is 0.310 e. The minimum atomic E-state index is -0.519. The number of ether oxygens (including phenoxy) is 2. The number of rotatable bonds is 6. The van der Waals surface area contributed by atoms with E-state index in [0.29, 0.717) is 16.3 Å². The van der Waals surface area contributed by atoms with E-state index in [2.05, 4.69) is 5.32 Å². The normalized spacial score (nSPS) is 12.4. The van der Waals surface area contributed by atoms with Crippen molar-refractivity contribution in [2.75, 3.05) is 19.0 Å². The SMILES string of the molecule is COc1ccc(Cl)cc1CC(=O)OCC(=O)Nc1ccc2c(c1)CCC2. The van der Waals surface area contributed by atoms with Gasteiger partial charge < -0.3 is 14.8 Å². The molecule has 26 heavy (non-hydrogen) atoms. The number of carbonyl (C=O) groups is 2.